The Kier molecular flexibility index (Phi) is 4.09. The minimum atomic E-state index is -1.03. The van der Waals surface area contributed by atoms with E-state index in [2.05, 4.69) is 52.7 Å². The summed E-state index contributed by atoms with van der Waals surface area (Å²) in [6.07, 6.45) is 0.987. The Bertz CT molecular complexity index is 482. The molecule has 0 heterocycles. The smallest absolute Gasteiger partial charge is 0.136 e. The summed E-state index contributed by atoms with van der Waals surface area (Å²) in [7, 11) is 0. The summed E-state index contributed by atoms with van der Waals surface area (Å²) >= 11 is 2.50. The summed E-state index contributed by atoms with van der Waals surface area (Å²) in [6, 6.07) is 6.58. The summed E-state index contributed by atoms with van der Waals surface area (Å²) in [5.74, 6) is 0. The molecule has 0 aliphatic heterocycles. The minimum Gasteiger partial charge on any atom is -0.598 e. The fourth-order valence-corrected chi connectivity index (χ4v) is 3.74. The molecule has 0 bridgehead atoms. The van der Waals surface area contributed by atoms with Crippen molar-refractivity contribution in [1.29, 1.82) is 0 Å². The average molecular weight is 344 g/mol. The van der Waals surface area contributed by atoms with Gasteiger partial charge in [-0.2, -0.15) is 0 Å². The number of nitrogens with one attached hydrogen (secondary N) is 1. The fraction of sp³-hybridized carbons (Fsp3) is 0.600. The van der Waals surface area contributed by atoms with E-state index in [9.17, 15) is 4.55 Å². The standard InChI is InChI=1S/C15H22BrNOS/c1-14(2,3)19(18)17-13-9-15(4,5)12-8-10(16)6-7-11(12)13/h6-8,13,17H,9H2,1-5H3/t13-,19-/m0/s1. The van der Waals surface area contributed by atoms with Crippen LogP contribution in [0.5, 0.6) is 0 Å². The molecule has 1 aromatic rings. The first-order valence-corrected chi connectivity index (χ1v) is 8.53. The zero-order valence-electron chi connectivity index (χ0n) is 12.2. The van der Waals surface area contributed by atoms with Crippen LogP contribution in [0.15, 0.2) is 22.7 Å². The first-order valence-electron chi connectivity index (χ1n) is 6.59. The quantitative estimate of drug-likeness (QED) is 0.815. The minimum absolute atomic E-state index is 0.124. The second-order valence-electron chi connectivity index (χ2n) is 6.87. The Morgan fingerprint density at radius 3 is 2.58 bits per heavy atom. The second kappa shape index (κ2) is 5.06. The molecule has 2 rings (SSSR count). The van der Waals surface area contributed by atoms with Gasteiger partial charge in [-0.25, -0.2) is 0 Å². The van der Waals surface area contributed by atoms with E-state index in [1.165, 1.54) is 11.1 Å². The molecule has 1 aliphatic rings. The number of fused-ring (bicyclic) bond motifs is 1. The van der Waals surface area contributed by atoms with Gasteiger partial charge in [-0.1, -0.05) is 35.8 Å². The second-order valence-corrected chi connectivity index (χ2v) is 9.78. The summed E-state index contributed by atoms with van der Waals surface area (Å²) in [5, 5.41) is 0. The van der Waals surface area contributed by atoms with Gasteiger partial charge in [-0.15, -0.1) is 4.72 Å². The highest BCUT2D eigenvalue weighted by molar-refractivity contribution is 9.10. The molecule has 0 radical (unpaired) electrons. The zero-order valence-corrected chi connectivity index (χ0v) is 14.6. The number of benzene rings is 1. The number of hydrogen-bond donors (Lipinski definition) is 1. The van der Waals surface area contributed by atoms with E-state index in [0.29, 0.717) is 0 Å². The lowest BCUT2D eigenvalue weighted by atomic mass is 9.86. The van der Waals surface area contributed by atoms with Crippen LogP contribution in [0, 0.1) is 0 Å². The van der Waals surface area contributed by atoms with Crippen molar-refractivity contribution < 1.29 is 4.55 Å². The van der Waals surface area contributed by atoms with Crippen molar-refractivity contribution >= 4 is 27.3 Å². The van der Waals surface area contributed by atoms with Crippen molar-refractivity contribution in [3.63, 3.8) is 0 Å². The average Bonchev–Trinajstić information content (AvgIpc) is 2.49. The van der Waals surface area contributed by atoms with Gasteiger partial charge in [0.2, 0.25) is 0 Å². The van der Waals surface area contributed by atoms with Gasteiger partial charge < -0.3 is 4.55 Å². The normalized spacial score (nSPS) is 23.2. The van der Waals surface area contributed by atoms with Crippen molar-refractivity contribution in [2.24, 2.45) is 0 Å². The highest BCUT2D eigenvalue weighted by Gasteiger charge is 2.40. The Balaban J connectivity index is 2.28. The molecule has 0 amide bonds. The molecule has 1 N–H and O–H groups in total. The lowest BCUT2D eigenvalue weighted by Gasteiger charge is -2.27. The topological polar surface area (TPSA) is 35.1 Å². The van der Waals surface area contributed by atoms with Gasteiger partial charge in [-0.05, 0) is 55.9 Å². The van der Waals surface area contributed by atoms with Gasteiger partial charge in [0, 0.05) is 15.8 Å². The molecule has 0 saturated carbocycles. The molecule has 2 atom stereocenters. The van der Waals surface area contributed by atoms with Crippen LogP contribution in [-0.4, -0.2) is 9.30 Å². The maximum absolute atomic E-state index is 12.3. The highest BCUT2D eigenvalue weighted by atomic mass is 79.9. The Hall–Kier alpha value is -0.0300. The molecular formula is C15H22BrNOS. The largest absolute Gasteiger partial charge is 0.598 e. The summed E-state index contributed by atoms with van der Waals surface area (Å²) in [6.45, 7) is 10.5. The first-order chi connectivity index (χ1) is 8.61. The van der Waals surface area contributed by atoms with Crippen molar-refractivity contribution in [2.45, 2.75) is 57.2 Å². The molecule has 0 unspecified atom stereocenters. The SMILES string of the molecule is CC1(C)C[C@H](N[S@@+]([O-])C(C)(C)C)c2ccc(Br)cc21. The summed E-state index contributed by atoms with van der Waals surface area (Å²) in [4.78, 5) is 0. The van der Waals surface area contributed by atoms with Gasteiger partial charge in [-0.3, -0.25) is 0 Å². The molecule has 0 spiro atoms. The van der Waals surface area contributed by atoms with Crippen LogP contribution in [0.1, 0.15) is 58.2 Å². The monoisotopic (exact) mass is 343 g/mol. The van der Waals surface area contributed by atoms with Gasteiger partial charge in [0.25, 0.3) is 0 Å². The third-order valence-corrected chi connectivity index (χ3v) is 5.74. The lowest BCUT2D eigenvalue weighted by molar-refractivity contribution is 0.452. The zero-order chi connectivity index (χ0) is 14.4. The highest BCUT2D eigenvalue weighted by Crippen LogP contribution is 2.45. The van der Waals surface area contributed by atoms with Gasteiger partial charge in [0.1, 0.15) is 4.75 Å². The van der Waals surface area contributed by atoms with E-state index < -0.39 is 11.4 Å². The van der Waals surface area contributed by atoms with E-state index in [4.69, 9.17) is 0 Å². The van der Waals surface area contributed by atoms with Crippen LogP contribution in [-0.2, 0) is 16.8 Å². The van der Waals surface area contributed by atoms with Crippen molar-refractivity contribution in [3.8, 4) is 0 Å². The van der Waals surface area contributed by atoms with Crippen LogP contribution in [0.3, 0.4) is 0 Å². The van der Waals surface area contributed by atoms with Crippen LogP contribution in [0.4, 0.5) is 0 Å². The van der Waals surface area contributed by atoms with E-state index >= 15 is 0 Å². The molecular weight excluding hydrogens is 322 g/mol. The van der Waals surface area contributed by atoms with E-state index in [-0.39, 0.29) is 16.2 Å². The summed E-state index contributed by atoms with van der Waals surface area (Å²) in [5.41, 5.74) is 2.76. The molecule has 0 fully saturated rings. The lowest BCUT2D eigenvalue weighted by Crippen LogP contribution is -2.41. The molecule has 1 aromatic carbocycles. The molecule has 106 valence electrons. The number of halogens is 1. The molecule has 4 heteroatoms. The predicted molar refractivity (Wildman–Crippen MR) is 85.6 cm³/mol. The van der Waals surface area contributed by atoms with Gasteiger partial charge in [0.05, 0.1) is 6.04 Å². The maximum Gasteiger partial charge on any atom is 0.136 e. The molecule has 19 heavy (non-hydrogen) atoms. The van der Waals surface area contributed by atoms with Crippen molar-refractivity contribution in [1.82, 2.24) is 4.72 Å². The molecule has 0 saturated heterocycles. The maximum atomic E-state index is 12.3. The van der Waals surface area contributed by atoms with Crippen LogP contribution >= 0.6 is 15.9 Å². The Morgan fingerprint density at radius 2 is 2.00 bits per heavy atom. The Morgan fingerprint density at radius 1 is 1.37 bits per heavy atom. The van der Waals surface area contributed by atoms with Gasteiger partial charge >= 0.3 is 0 Å². The predicted octanol–water partition coefficient (Wildman–Crippen LogP) is 4.22. The van der Waals surface area contributed by atoms with Gasteiger partial charge in [0.15, 0.2) is 0 Å². The first kappa shape index (κ1) is 15.4. The molecule has 0 aromatic heterocycles. The molecule has 2 nitrogen and oxygen atoms in total. The van der Waals surface area contributed by atoms with Crippen molar-refractivity contribution in [2.75, 3.05) is 0 Å². The van der Waals surface area contributed by atoms with Crippen LogP contribution in [0.2, 0.25) is 0 Å². The Labute approximate surface area is 127 Å². The van der Waals surface area contributed by atoms with E-state index in [1.807, 2.05) is 20.8 Å². The number of rotatable bonds is 2. The van der Waals surface area contributed by atoms with E-state index in [0.717, 1.165) is 10.9 Å². The fourth-order valence-electron chi connectivity index (χ4n) is 2.56. The third kappa shape index (κ3) is 3.18. The summed E-state index contributed by atoms with van der Waals surface area (Å²) < 4.78 is 16.5. The number of hydrogen-bond acceptors (Lipinski definition) is 2. The van der Waals surface area contributed by atoms with E-state index in [1.54, 1.807) is 0 Å². The third-order valence-electron chi connectivity index (χ3n) is 3.64. The van der Waals surface area contributed by atoms with Crippen LogP contribution in [0.25, 0.3) is 0 Å². The van der Waals surface area contributed by atoms with Crippen molar-refractivity contribution in [3.05, 3.63) is 33.8 Å². The van der Waals surface area contributed by atoms with Crippen LogP contribution < -0.4 is 4.72 Å². The molecule has 1 aliphatic carbocycles.